The first kappa shape index (κ1) is 23.9. The molecular weight excluding hydrogens is 402 g/mol. The van der Waals surface area contributed by atoms with Gasteiger partial charge in [0.15, 0.2) is 0 Å². The molecule has 0 spiro atoms. The minimum atomic E-state index is -0.640. The molecule has 32 heavy (non-hydrogen) atoms. The first-order chi connectivity index (χ1) is 15.5. The molecule has 5 heteroatoms. The van der Waals surface area contributed by atoms with Crippen LogP contribution in [-0.2, 0) is 13.1 Å². The Morgan fingerprint density at radius 1 is 0.938 bits per heavy atom. The van der Waals surface area contributed by atoms with E-state index in [4.69, 9.17) is 13.9 Å². The molecule has 5 nitrogen and oxygen atoms in total. The summed E-state index contributed by atoms with van der Waals surface area (Å²) in [5.41, 5.74) is 2.36. The van der Waals surface area contributed by atoms with Crippen molar-refractivity contribution in [2.75, 3.05) is 19.8 Å². The molecule has 172 valence electrons. The maximum Gasteiger partial charge on any atom is 0.123 e. The third kappa shape index (κ3) is 7.43. The van der Waals surface area contributed by atoms with Crippen molar-refractivity contribution in [3.8, 4) is 11.5 Å². The van der Waals surface area contributed by atoms with Crippen LogP contribution in [0.4, 0.5) is 0 Å². The molecule has 2 aromatic carbocycles. The summed E-state index contributed by atoms with van der Waals surface area (Å²) in [5.74, 6) is 2.99. The maximum absolute atomic E-state index is 10.7. The van der Waals surface area contributed by atoms with Crippen molar-refractivity contribution < 1.29 is 19.0 Å². The minimum absolute atomic E-state index is 0.226. The van der Waals surface area contributed by atoms with Gasteiger partial charge in [-0.3, -0.25) is 4.90 Å². The van der Waals surface area contributed by atoms with Gasteiger partial charge >= 0.3 is 0 Å². The molecule has 1 N–H and O–H groups in total. The highest BCUT2D eigenvalue weighted by atomic mass is 16.5. The molecule has 0 aliphatic carbocycles. The molecule has 0 saturated carbocycles. The largest absolute Gasteiger partial charge is 0.493 e. The fourth-order valence-corrected chi connectivity index (χ4v) is 3.53. The van der Waals surface area contributed by atoms with E-state index >= 15 is 0 Å². The lowest BCUT2D eigenvalue weighted by Gasteiger charge is -2.25. The number of ether oxygens (including phenoxy) is 2. The summed E-state index contributed by atoms with van der Waals surface area (Å²) < 4.78 is 17.3. The second-order valence-corrected chi connectivity index (χ2v) is 8.39. The number of para-hydroxylation sites is 1. The molecule has 1 heterocycles. The van der Waals surface area contributed by atoms with E-state index in [9.17, 15) is 5.11 Å². The van der Waals surface area contributed by atoms with E-state index in [0.717, 1.165) is 29.2 Å². The molecular formula is C27H35NO4. The Morgan fingerprint density at radius 3 is 2.41 bits per heavy atom. The number of furan rings is 1. The molecule has 1 atom stereocenters. The summed E-state index contributed by atoms with van der Waals surface area (Å²) in [6.07, 6.45) is 1.99. The van der Waals surface area contributed by atoms with E-state index in [-0.39, 0.29) is 6.61 Å². The fourth-order valence-electron chi connectivity index (χ4n) is 3.53. The van der Waals surface area contributed by atoms with Gasteiger partial charge in [0.1, 0.15) is 30.0 Å². The van der Waals surface area contributed by atoms with Crippen LogP contribution in [0.3, 0.4) is 0 Å². The van der Waals surface area contributed by atoms with Crippen LogP contribution in [0.1, 0.15) is 50.0 Å². The first-order valence-corrected chi connectivity index (χ1v) is 11.4. The van der Waals surface area contributed by atoms with E-state index in [1.54, 1.807) is 6.26 Å². The maximum atomic E-state index is 10.7. The Morgan fingerprint density at radius 2 is 1.72 bits per heavy atom. The van der Waals surface area contributed by atoms with E-state index in [1.165, 1.54) is 5.56 Å². The highest BCUT2D eigenvalue weighted by Gasteiger charge is 2.17. The molecule has 0 saturated heterocycles. The van der Waals surface area contributed by atoms with Gasteiger partial charge in [-0.25, -0.2) is 0 Å². The van der Waals surface area contributed by atoms with Gasteiger partial charge in [-0.15, -0.1) is 0 Å². The van der Waals surface area contributed by atoms with E-state index in [0.29, 0.717) is 32.2 Å². The summed E-state index contributed by atoms with van der Waals surface area (Å²) in [6, 6.07) is 20.0. The van der Waals surface area contributed by atoms with Gasteiger partial charge in [-0.05, 0) is 48.2 Å². The first-order valence-electron chi connectivity index (χ1n) is 11.4. The fraction of sp³-hybridized carbons (Fsp3) is 0.407. The second-order valence-electron chi connectivity index (χ2n) is 8.39. The van der Waals surface area contributed by atoms with Crippen LogP contribution in [0.25, 0.3) is 0 Å². The average Bonchev–Trinajstić information content (AvgIpc) is 3.30. The zero-order chi connectivity index (χ0) is 22.8. The number of rotatable bonds is 13. The lowest BCUT2D eigenvalue weighted by Crippen LogP contribution is -2.35. The van der Waals surface area contributed by atoms with Crippen molar-refractivity contribution in [1.29, 1.82) is 0 Å². The molecule has 1 aromatic heterocycles. The summed E-state index contributed by atoms with van der Waals surface area (Å²) in [5, 5.41) is 10.7. The summed E-state index contributed by atoms with van der Waals surface area (Å²) in [6.45, 7) is 9.02. The number of benzene rings is 2. The predicted molar refractivity (Wildman–Crippen MR) is 127 cm³/mol. The third-order valence-corrected chi connectivity index (χ3v) is 5.25. The molecule has 3 aromatic rings. The topological polar surface area (TPSA) is 55.1 Å². The van der Waals surface area contributed by atoms with Gasteiger partial charge in [0, 0.05) is 18.7 Å². The van der Waals surface area contributed by atoms with Gasteiger partial charge in [0.05, 0.1) is 19.4 Å². The highest BCUT2D eigenvalue weighted by Crippen LogP contribution is 2.22. The van der Waals surface area contributed by atoms with Gasteiger partial charge in [0.25, 0.3) is 0 Å². The monoisotopic (exact) mass is 437 g/mol. The average molecular weight is 438 g/mol. The molecule has 0 aliphatic rings. The SMILES string of the molecule is CCCOc1ccccc1CN(Cc1ccco1)CC(O)COc1ccc(C(C)C)cc1. The van der Waals surface area contributed by atoms with Crippen LogP contribution in [0.5, 0.6) is 11.5 Å². The molecule has 0 amide bonds. The summed E-state index contributed by atoms with van der Waals surface area (Å²) in [4.78, 5) is 2.16. The van der Waals surface area contributed by atoms with Crippen LogP contribution >= 0.6 is 0 Å². The number of hydrogen-bond acceptors (Lipinski definition) is 5. The normalized spacial score (nSPS) is 12.3. The Hall–Kier alpha value is -2.76. The van der Waals surface area contributed by atoms with Crippen LogP contribution < -0.4 is 9.47 Å². The predicted octanol–water partition coefficient (Wildman–Crippen LogP) is 5.63. The van der Waals surface area contributed by atoms with Crippen molar-refractivity contribution in [3.63, 3.8) is 0 Å². The quantitative estimate of drug-likeness (QED) is 0.375. The minimum Gasteiger partial charge on any atom is -0.493 e. The van der Waals surface area contributed by atoms with Crippen molar-refractivity contribution >= 4 is 0 Å². The van der Waals surface area contributed by atoms with Crippen LogP contribution in [0.2, 0.25) is 0 Å². The smallest absolute Gasteiger partial charge is 0.123 e. The number of aliphatic hydroxyl groups excluding tert-OH is 1. The lowest BCUT2D eigenvalue weighted by atomic mass is 10.0. The number of nitrogens with zero attached hydrogens (tertiary/aromatic N) is 1. The standard InChI is InChI=1S/C27H35NO4/c1-4-15-31-27-10-6-5-8-23(27)17-28(19-26-9-7-16-30-26)18-24(29)20-32-25-13-11-22(12-14-25)21(2)3/h5-14,16,21,24,29H,4,15,17-20H2,1-3H3. The summed E-state index contributed by atoms with van der Waals surface area (Å²) in [7, 11) is 0. The van der Waals surface area contributed by atoms with Crippen molar-refractivity contribution in [3.05, 3.63) is 83.8 Å². The number of aliphatic hydroxyl groups is 1. The molecule has 0 radical (unpaired) electrons. The number of hydrogen-bond donors (Lipinski definition) is 1. The Bertz CT molecular complexity index is 906. The van der Waals surface area contributed by atoms with Crippen molar-refractivity contribution in [2.24, 2.45) is 0 Å². The molecule has 0 fully saturated rings. The van der Waals surface area contributed by atoms with Crippen molar-refractivity contribution in [1.82, 2.24) is 4.90 Å². The van der Waals surface area contributed by atoms with E-state index in [1.807, 2.05) is 42.5 Å². The highest BCUT2D eigenvalue weighted by molar-refractivity contribution is 5.33. The Labute approximate surface area is 191 Å². The molecule has 0 aliphatic heterocycles. The van der Waals surface area contributed by atoms with Gasteiger partial charge in [0.2, 0.25) is 0 Å². The Balaban J connectivity index is 1.62. The Kier molecular flexibility index (Phi) is 9.20. The van der Waals surface area contributed by atoms with Gasteiger partial charge in [-0.1, -0.05) is 51.1 Å². The van der Waals surface area contributed by atoms with E-state index in [2.05, 4.69) is 43.9 Å². The second kappa shape index (κ2) is 12.3. The lowest BCUT2D eigenvalue weighted by molar-refractivity contribution is 0.0601. The van der Waals surface area contributed by atoms with Gasteiger partial charge in [-0.2, -0.15) is 0 Å². The van der Waals surface area contributed by atoms with E-state index < -0.39 is 6.10 Å². The third-order valence-electron chi connectivity index (χ3n) is 5.25. The van der Waals surface area contributed by atoms with Crippen molar-refractivity contribution in [2.45, 2.75) is 52.3 Å². The van der Waals surface area contributed by atoms with Crippen LogP contribution in [0, 0.1) is 0 Å². The van der Waals surface area contributed by atoms with Gasteiger partial charge < -0.3 is 19.0 Å². The molecule has 0 bridgehead atoms. The van der Waals surface area contributed by atoms with Crippen LogP contribution in [0.15, 0.2) is 71.3 Å². The van der Waals surface area contributed by atoms with Crippen LogP contribution in [-0.4, -0.2) is 35.9 Å². The molecule has 1 unspecified atom stereocenters. The summed E-state index contributed by atoms with van der Waals surface area (Å²) >= 11 is 0. The zero-order valence-electron chi connectivity index (χ0n) is 19.4. The zero-order valence-corrected chi connectivity index (χ0v) is 19.4. The molecule has 3 rings (SSSR count).